The van der Waals surface area contributed by atoms with Crippen molar-refractivity contribution in [2.75, 3.05) is 27.5 Å². The SMILES string of the molecule is COC(=O)CCN(C)Cc1cc2c(cc1C)OCO2. The molecule has 1 aliphatic heterocycles. The first-order valence-corrected chi connectivity index (χ1v) is 6.24. The van der Waals surface area contributed by atoms with Gasteiger partial charge in [0, 0.05) is 13.1 Å². The van der Waals surface area contributed by atoms with Crippen LogP contribution in [0.4, 0.5) is 0 Å². The predicted molar refractivity (Wildman–Crippen MR) is 70.3 cm³/mol. The van der Waals surface area contributed by atoms with Crippen molar-refractivity contribution in [3.8, 4) is 11.5 Å². The van der Waals surface area contributed by atoms with E-state index in [0.717, 1.165) is 23.6 Å². The average molecular weight is 265 g/mol. The summed E-state index contributed by atoms with van der Waals surface area (Å²) in [5, 5.41) is 0. The minimum Gasteiger partial charge on any atom is -0.469 e. The molecule has 0 fully saturated rings. The molecule has 1 aromatic rings. The molecule has 5 heteroatoms. The number of hydrogen-bond acceptors (Lipinski definition) is 5. The Morgan fingerprint density at radius 1 is 1.37 bits per heavy atom. The zero-order chi connectivity index (χ0) is 13.8. The highest BCUT2D eigenvalue weighted by atomic mass is 16.7. The molecular formula is C14H19NO4. The molecule has 0 N–H and O–H groups in total. The second-order valence-corrected chi connectivity index (χ2v) is 4.70. The molecule has 0 saturated heterocycles. The van der Waals surface area contributed by atoms with E-state index in [1.807, 2.05) is 26.1 Å². The average Bonchev–Trinajstić information content (AvgIpc) is 2.83. The van der Waals surface area contributed by atoms with E-state index >= 15 is 0 Å². The van der Waals surface area contributed by atoms with Crippen molar-refractivity contribution in [2.45, 2.75) is 19.9 Å². The molecular weight excluding hydrogens is 246 g/mol. The van der Waals surface area contributed by atoms with Gasteiger partial charge in [0.05, 0.1) is 13.5 Å². The molecule has 0 aromatic heterocycles. The van der Waals surface area contributed by atoms with E-state index in [1.54, 1.807) is 0 Å². The van der Waals surface area contributed by atoms with Crippen molar-refractivity contribution >= 4 is 5.97 Å². The maximum Gasteiger partial charge on any atom is 0.306 e. The van der Waals surface area contributed by atoms with Crippen LogP contribution in [0, 0.1) is 6.92 Å². The largest absolute Gasteiger partial charge is 0.469 e. The number of fused-ring (bicyclic) bond motifs is 1. The first-order chi connectivity index (χ1) is 9.10. The van der Waals surface area contributed by atoms with Crippen LogP contribution >= 0.6 is 0 Å². The van der Waals surface area contributed by atoms with Gasteiger partial charge in [0.25, 0.3) is 0 Å². The third kappa shape index (κ3) is 3.38. The van der Waals surface area contributed by atoms with Crippen LogP contribution in [-0.2, 0) is 16.1 Å². The summed E-state index contributed by atoms with van der Waals surface area (Å²) in [4.78, 5) is 13.2. The van der Waals surface area contributed by atoms with E-state index in [0.29, 0.717) is 13.0 Å². The van der Waals surface area contributed by atoms with Gasteiger partial charge in [0.15, 0.2) is 11.5 Å². The lowest BCUT2D eigenvalue weighted by atomic mass is 10.1. The molecule has 2 rings (SSSR count). The Bertz CT molecular complexity index is 473. The summed E-state index contributed by atoms with van der Waals surface area (Å²) >= 11 is 0. The number of carbonyl (C=O) groups excluding carboxylic acids is 1. The quantitative estimate of drug-likeness (QED) is 0.759. The Morgan fingerprint density at radius 3 is 2.74 bits per heavy atom. The van der Waals surface area contributed by atoms with Gasteiger partial charge in [0.2, 0.25) is 6.79 Å². The first-order valence-electron chi connectivity index (χ1n) is 6.24. The van der Waals surface area contributed by atoms with Crippen molar-refractivity contribution in [2.24, 2.45) is 0 Å². The van der Waals surface area contributed by atoms with Crippen LogP contribution < -0.4 is 9.47 Å². The number of ether oxygens (including phenoxy) is 3. The molecule has 0 atom stereocenters. The molecule has 1 aliphatic rings. The lowest BCUT2D eigenvalue weighted by Crippen LogP contribution is -2.22. The highest BCUT2D eigenvalue weighted by Crippen LogP contribution is 2.34. The van der Waals surface area contributed by atoms with Crippen molar-refractivity contribution in [3.05, 3.63) is 23.3 Å². The fourth-order valence-electron chi connectivity index (χ4n) is 2.01. The van der Waals surface area contributed by atoms with Crippen LogP contribution in [0.2, 0.25) is 0 Å². The molecule has 0 radical (unpaired) electrons. The molecule has 0 bridgehead atoms. The Morgan fingerprint density at radius 2 is 2.05 bits per heavy atom. The summed E-state index contributed by atoms with van der Waals surface area (Å²) in [5.41, 5.74) is 2.34. The van der Waals surface area contributed by atoms with Crippen LogP contribution in [0.5, 0.6) is 11.5 Å². The van der Waals surface area contributed by atoms with Gasteiger partial charge in [-0.15, -0.1) is 0 Å². The molecule has 0 spiro atoms. The molecule has 0 saturated carbocycles. The monoisotopic (exact) mass is 265 g/mol. The summed E-state index contributed by atoms with van der Waals surface area (Å²) in [6, 6.07) is 4.00. The smallest absolute Gasteiger partial charge is 0.306 e. The topological polar surface area (TPSA) is 48.0 Å². The minimum atomic E-state index is -0.186. The van der Waals surface area contributed by atoms with Gasteiger partial charge in [-0.3, -0.25) is 4.79 Å². The summed E-state index contributed by atoms with van der Waals surface area (Å²) in [6.07, 6.45) is 0.399. The van der Waals surface area contributed by atoms with Gasteiger partial charge in [-0.25, -0.2) is 0 Å². The minimum absolute atomic E-state index is 0.186. The van der Waals surface area contributed by atoms with Gasteiger partial charge in [-0.1, -0.05) is 0 Å². The van der Waals surface area contributed by atoms with E-state index in [4.69, 9.17) is 9.47 Å². The molecule has 19 heavy (non-hydrogen) atoms. The number of benzene rings is 1. The molecule has 1 heterocycles. The van der Waals surface area contributed by atoms with E-state index in [-0.39, 0.29) is 12.8 Å². The van der Waals surface area contributed by atoms with E-state index in [9.17, 15) is 4.79 Å². The maximum absolute atomic E-state index is 11.1. The van der Waals surface area contributed by atoms with Crippen LogP contribution in [0.3, 0.4) is 0 Å². The van der Waals surface area contributed by atoms with Crippen molar-refractivity contribution in [1.29, 1.82) is 0 Å². The molecule has 0 aliphatic carbocycles. The summed E-state index contributed by atoms with van der Waals surface area (Å²) < 4.78 is 15.3. The zero-order valence-corrected chi connectivity index (χ0v) is 11.6. The molecule has 0 unspecified atom stereocenters. The standard InChI is InChI=1S/C14H19NO4/c1-10-6-12-13(19-9-18-12)7-11(10)8-15(2)5-4-14(16)17-3/h6-7H,4-5,8-9H2,1-3H3. The van der Waals surface area contributed by atoms with Gasteiger partial charge in [-0.05, 0) is 37.2 Å². The lowest BCUT2D eigenvalue weighted by Gasteiger charge is -2.17. The third-order valence-corrected chi connectivity index (χ3v) is 3.20. The van der Waals surface area contributed by atoms with Crippen molar-refractivity contribution < 1.29 is 19.0 Å². The van der Waals surface area contributed by atoms with Crippen LogP contribution in [0.1, 0.15) is 17.5 Å². The number of rotatable bonds is 5. The van der Waals surface area contributed by atoms with E-state index in [2.05, 4.69) is 9.64 Å². The first kappa shape index (κ1) is 13.7. The number of nitrogens with zero attached hydrogens (tertiary/aromatic N) is 1. The van der Waals surface area contributed by atoms with Crippen LogP contribution in [0.25, 0.3) is 0 Å². The molecule has 0 amide bonds. The van der Waals surface area contributed by atoms with Crippen LogP contribution in [-0.4, -0.2) is 38.4 Å². The number of carbonyl (C=O) groups is 1. The summed E-state index contributed by atoms with van der Waals surface area (Å²) in [6.45, 7) is 3.77. The Labute approximate surface area is 113 Å². The summed E-state index contributed by atoms with van der Waals surface area (Å²) in [7, 11) is 3.39. The summed E-state index contributed by atoms with van der Waals surface area (Å²) in [5.74, 6) is 1.41. The Hall–Kier alpha value is -1.75. The van der Waals surface area contributed by atoms with Gasteiger partial charge in [-0.2, -0.15) is 0 Å². The number of esters is 1. The second-order valence-electron chi connectivity index (χ2n) is 4.70. The van der Waals surface area contributed by atoms with Gasteiger partial charge in [0.1, 0.15) is 0 Å². The van der Waals surface area contributed by atoms with Crippen molar-refractivity contribution in [1.82, 2.24) is 4.90 Å². The van der Waals surface area contributed by atoms with E-state index < -0.39 is 0 Å². The predicted octanol–water partition coefficient (Wildman–Crippen LogP) is 1.72. The van der Waals surface area contributed by atoms with Crippen molar-refractivity contribution in [3.63, 3.8) is 0 Å². The number of methoxy groups -OCH3 is 1. The number of aryl methyl sites for hydroxylation is 1. The fourth-order valence-corrected chi connectivity index (χ4v) is 2.01. The third-order valence-electron chi connectivity index (χ3n) is 3.20. The zero-order valence-electron chi connectivity index (χ0n) is 11.6. The van der Waals surface area contributed by atoms with Gasteiger partial charge < -0.3 is 19.1 Å². The maximum atomic E-state index is 11.1. The molecule has 104 valence electrons. The van der Waals surface area contributed by atoms with Crippen LogP contribution in [0.15, 0.2) is 12.1 Å². The Kier molecular flexibility index (Phi) is 4.27. The highest BCUT2D eigenvalue weighted by molar-refractivity contribution is 5.69. The van der Waals surface area contributed by atoms with E-state index in [1.165, 1.54) is 12.7 Å². The lowest BCUT2D eigenvalue weighted by molar-refractivity contribution is -0.140. The van der Waals surface area contributed by atoms with Gasteiger partial charge >= 0.3 is 5.97 Å². The Balaban J connectivity index is 1.97. The second kappa shape index (κ2) is 5.93. The molecule has 1 aromatic carbocycles. The number of hydrogen-bond donors (Lipinski definition) is 0. The normalized spacial score (nSPS) is 12.8. The highest BCUT2D eigenvalue weighted by Gasteiger charge is 2.16. The molecule has 5 nitrogen and oxygen atoms in total. The fraction of sp³-hybridized carbons (Fsp3) is 0.500.